The van der Waals surface area contributed by atoms with E-state index < -0.39 is 10.8 Å². The maximum atomic E-state index is 13.2. The highest BCUT2D eigenvalue weighted by Gasteiger charge is 2.53. The number of nitrogens with zero attached hydrogens (tertiary/aromatic N) is 1. The largest absolute Gasteiger partial charge is 0.494 e. The summed E-state index contributed by atoms with van der Waals surface area (Å²) in [5, 5.41) is 1.12. The minimum atomic E-state index is -0.811. The number of para-hydroxylation sites is 2. The molecule has 85 heavy (non-hydrogen) atoms. The maximum Gasteiger partial charge on any atom is 0.160 e. The average Bonchev–Trinajstić information content (AvgIpc) is 1.53. The third-order valence-corrected chi connectivity index (χ3v) is 19.6. The molecular weight excluding hydrogens is 1080 g/mol. The molecule has 11 rings (SSSR count). The lowest BCUT2D eigenvalue weighted by Crippen LogP contribution is -2.30. The molecule has 0 N–H and O–H groups in total. The Balaban J connectivity index is 1.15. The third-order valence-electron chi connectivity index (χ3n) is 17.3. The van der Waals surface area contributed by atoms with Gasteiger partial charge in [0.1, 0.15) is 28.0 Å². The van der Waals surface area contributed by atoms with E-state index in [1.165, 1.54) is 78.5 Å². The standard InChI is InChI=1S/C77H83NO5S2/c1-5-9-13-23-47-80-62-39-31-56(32-40-62)76(57-33-41-63(42-34-57)81-48-24-14-10-6-2)69-53-68-70(52-67(69)74-71(76)51-66(55-79)84-74)77(58-35-43-64(44-36-58)82-49-25-15-11-7-3,59-37-45-65(46-38-59)83-50-26-16-12-8-4)72-54-73(85-75(68)72)78(60-27-19-17-20-28-60)61-29-21-18-22-30-61/h17-22,27-46,51-55H,5-16,23-26,47-50H2,1-4H3. The van der Waals surface area contributed by atoms with Crippen LogP contribution in [0.5, 0.6) is 23.0 Å². The summed E-state index contributed by atoms with van der Waals surface area (Å²) in [7, 11) is 0. The van der Waals surface area contributed by atoms with Crippen LogP contribution in [0.3, 0.4) is 0 Å². The van der Waals surface area contributed by atoms with Gasteiger partial charge in [0.15, 0.2) is 6.29 Å². The van der Waals surface area contributed by atoms with E-state index in [1.807, 2.05) is 11.3 Å². The van der Waals surface area contributed by atoms with Gasteiger partial charge in [0, 0.05) is 21.1 Å². The van der Waals surface area contributed by atoms with Gasteiger partial charge in [0.05, 0.1) is 42.1 Å². The zero-order chi connectivity index (χ0) is 58.4. The molecule has 438 valence electrons. The van der Waals surface area contributed by atoms with Gasteiger partial charge in [-0.3, -0.25) is 4.79 Å². The molecule has 0 atom stereocenters. The first-order valence-corrected chi connectivity index (χ1v) is 33.4. The van der Waals surface area contributed by atoms with Crippen LogP contribution in [0.4, 0.5) is 16.4 Å². The van der Waals surface area contributed by atoms with E-state index in [4.69, 9.17) is 18.9 Å². The molecule has 0 radical (unpaired) electrons. The number of ether oxygens (including phenoxy) is 4. The van der Waals surface area contributed by atoms with Crippen molar-refractivity contribution in [2.24, 2.45) is 0 Å². The zero-order valence-electron chi connectivity index (χ0n) is 50.3. The lowest BCUT2D eigenvalue weighted by Gasteiger charge is -2.35. The van der Waals surface area contributed by atoms with Crippen molar-refractivity contribution in [1.82, 2.24) is 0 Å². The molecule has 2 aliphatic rings. The van der Waals surface area contributed by atoms with E-state index in [2.05, 4.69) is 215 Å². The van der Waals surface area contributed by atoms with Gasteiger partial charge in [0.2, 0.25) is 0 Å². The van der Waals surface area contributed by atoms with Gasteiger partial charge >= 0.3 is 0 Å². The van der Waals surface area contributed by atoms with Crippen LogP contribution in [0.15, 0.2) is 182 Å². The van der Waals surface area contributed by atoms with E-state index >= 15 is 0 Å². The fraction of sp³-hybridized carbons (Fsp3) is 0.338. The zero-order valence-corrected chi connectivity index (χ0v) is 52.0. The minimum absolute atomic E-state index is 0.680. The molecule has 2 heterocycles. The van der Waals surface area contributed by atoms with Crippen LogP contribution in [0.25, 0.3) is 20.9 Å². The Labute approximate surface area is 513 Å². The fourth-order valence-electron chi connectivity index (χ4n) is 13.0. The number of carbonyl (C=O) groups excluding carboxylic acids is 1. The lowest BCUT2D eigenvalue weighted by atomic mass is 9.66. The Morgan fingerprint density at radius 2 is 0.694 bits per heavy atom. The molecule has 9 aromatic rings. The predicted molar refractivity (Wildman–Crippen MR) is 355 cm³/mol. The Kier molecular flexibility index (Phi) is 19.7. The molecule has 0 spiro atoms. The van der Waals surface area contributed by atoms with E-state index in [0.29, 0.717) is 31.3 Å². The van der Waals surface area contributed by atoms with Crippen LogP contribution in [0, 0.1) is 0 Å². The second-order valence-electron chi connectivity index (χ2n) is 23.0. The first-order valence-electron chi connectivity index (χ1n) is 31.7. The number of benzene rings is 7. The molecule has 0 bridgehead atoms. The van der Waals surface area contributed by atoms with E-state index in [9.17, 15) is 4.79 Å². The fourth-order valence-corrected chi connectivity index (χ4v) is 15.4. The Bertz CT molecular complexity index is 3410. The highest BCUT2D eigenvalue weighted by atomic mass is 32.1. The molecular formula is C77H83NO5S2. The van der Waals surface area contributed by atoms with Crippen molar-refractivity contribution in [3.8, 4) is 43.9 Å². The molecule has 0 saturated heterocycles. The molecule has 0 aliphatic heterocycles. The summed E-state index contributed by atoms with van der Waals surface area (Å²) >= 11 is 3.45. The van der Waals surface area contributed by atoms with Crippen LogP contribution in [-0.2, 0) is 10.8 Å². The second kappa shape index (κ2) is 28.2. The topological polar surface area (TPSA) is 57.2 Å². The summed E-state index contributed by atoms with van der Waals surface area (Å²) in [6.07, 6.45) is 19.3. The lowest BCUT2D eigenvalue weighted by molar-refractivity contribution is 0.112. The molecule has 0 fully saturated rings. The van der Waals surface area contributed by atoms with Crippen molar-refractivity contribution in [3.05, 3.63) is 231 Å². The van der Waals surface area contributed by atoms with Crippen molar-refractivity contribution in [2.75, 3.05) is 31.3 Å². The van der Waals surface area contributed by atoms with Crippen LogP contribution in [0.2, 0.25) is 0 Å². The highest BCUT2D eigenvalue weighted by Crippen LogP contribution is 2.66. The van der Waals surface area contributed by atoms with Crippen LogP contribution in [0.1, 0.15) is 185 Å². The van der Waals surface area contributed by atoms with Crippen molar-refractivity contribution in [3.63, 3.8) is 0 Å². The summed E-state index contributed by atoms with van der Waals surface area (Å²) in [6.45, 7) is 11.7. The summed E-state index contributed by atoms with van der Waals surface area (Å²) in [4.78, 5) is 18.7. The van der Waals surface area contributed by atoms with Gasteiger partial charge in [-0.2, -0.15) is 0 Å². The van der Waals surface area contributed by atoms with Crippen molar-refractivity contribution in [2.45, 2.75) is 141 Å². The second-order valence-corrected chi connectivity index (χ2v) is 25.1. The molecule has 6 nitrogen and oxygen atoms in total. The minimum Gasteiger partial charge on any atom is -0.494 e. The highest BCUT2D eigenvalue weighted by molar-refractivity contribution is 7.20. The Morgan fingerprint density at radius 3 is 1.02 bits per heavy atom. The smallest absolute Gasteiger partial charge is 0.160 e. The Morgan fingerprint density at radius 1 is 0.365 bits per heavy atom. The molecule has 0 saturated carbocycles. The van der Waals surface area contributed by atoms with E-state index in [0.717, 1.165) is 135 Å². The molecule has 2 aliphatic carbocycles. The van der Waals surface area contributed by atoms with E-state index in [1.54, 1.807) is 11.3 Å². The molecule has 7 aromatic carbocycles. The number of hydrogen-bond donors (Lipinski definition) is 0. The van der Waals surface area contributed by atoms with E-state index in [-0.39, 0.29) is 0 Å². The number of fused-ring (bicyclic) bond motifs is 6. The predicted octanol–water partition coefficient (Wildman–Crippen LogP) is 21.7. The van der Waals surface area contributed by atoms with Crippen molar-refractivity contribution in [1.29, 1.82) is 0 Å². The number of hydrogen-bond acceptors (Lipinski definition) is 8. The summed E-state index contributed by atoms with van der Waals surface area (Å²) in [6, 6.07) is 66.8. The number of unbranched alkanes of at least 4 members (excludes halogenated alkanes) is 12. The van der Waals surface area contributed by atoms with Crippen LogP contribution in [-0.4, -0.2) is 32.7 Å². The van der Waals surface area contributed by atoms with Gasteiger partial charge in [-0.25, -0.2) is 0 Å². The average molecular weight is 1170 g/mol. The van der Waals surface area contributed by atoms with Gasteiger partial charge in [-0.1, -0.05) is 190 Å². The third kappa shape index (κ3) is 12.2. The molecule has 0 amide bonds. The quantitative estimate of drug-likeness (QED) is 0.0309. The number of anilines is 3. The summed E-state index contributed by atoms with van der Waals surface area (Å²) in [5.41, 5.74) is 12.1. The van der Waals surface area contributed by atoms with Crippen LogP contribution >= 0.6 is 22.7 Å². The Hall–Kier alpha value is -7.39. The number of aldehydes is 1. The molecule has 8 heteroatoms. The molecule has 2 aromatic heterocycles. The number of thiophene rings is 2. The van der Waals surface area contributed by atoms with Gasteiger partial charge in [0.25, 0.3) is 0 Å². The van der Waals surface area contributed by atoms with Gasteiger partial charge < -0.3 is 23.8 Å². The number of rotatable bonds is 32. The number of carbonyl (C=O) groups is 1. The van der Waals surface area contributed by atoms with Crippen molar-refractivity contribution < 1.29 is 23.7 Å². The maximum absolute atomic E-state index is 13.2. The first-order chi connectivity index (χ1) is 42.0. The summed E-state index contributed by atoms with van der Waals surface area (Å²) in [5.74, 6) is 3.46. The normalized spacial score (nSPS) is 13.2. The SMILES string of the molecule is CCCCCCOc1ccc(C2(c3ccc(OCCCCCC)cc3)c3cc4c(cc3-c3sc(C=O)cc32)C(c2ccc(OCCCCCC)cc2)(c2ccc(OCCCCCC)cc2)c2cc(N(c3ccccc3)c3ccccc3)sc2-4)cc1. The monoisotopic (exact) mass is 1170 g/mol. The van der Waals surface area contributed by atoms with Gasteiger partial charge in [-0.15, -0.1) is 22.7 Å². The van der Waals surface area contributed by atoms with Crippen molar-refractivity contribution >= 4 is 45.3 Å². The first kappa shape index (κ1) is 59.3. The van der Waals surface area contributed by atoms with Gasteiger partial charge in [-0.05, 0) is 178 Å². The summed E-state index contributed by atoms with van der Waals surface area (Å²) < 4.78 is 25.9. The molecule has 0 unspecified atom stereocenters. The van der Waals surface area contributed by atoms with Crippen LogP contribution < -0.4 is 23.8 Å².